The molecule has 0 aliphatic rings. The van der Waals surface area contributed by atoms with Crippen molar-refractivity contribution >= 4 is 35.1 Å². The molecule has 2 rings (SSSR count). The maximum Gasteiger partial charge on any atom is 0.267 e. The van der Waals surface area contributed by atoms with Gasteiger partial charge in [-0.05, 0) is 45.0 Å². The molecule has 2 aromatic rings. The molecule has 1 aromatic carbocycles. The van der Waals surface area contributed by atoms with Crippen LogP contribution in [0.2, 0.25) is 5.02 Å². The van der Waals surface area contributed by atoms with Gasteiger partial charge in [-0.25, -0.2) is 0 Å². The Balaban J connectivity index is 2.19. The molecule has 0 aliphatic carbocycles. The SMILES string of the molecule is CC(=O)c1c(C)oc(NC(=O)C(C)Oc2ccc(Cl)cc2)c1C(N)=O. The molecule has 0 fully saturated rings. The number of ketones is 1. The van der Waals surface area contributed by atoms with Crippen molar-refractivity contribution in [3.8, 4) is 5.75 Å². The van der Waals surface area contributed by atoms with E-state index in [9.17, 15) is 14.4 Å². The summed E-state index contributed by atoms with van der Waals surface area (Å²) in [6.07, 6.45) is -0.895. The van der Waals surface area contributed by atoms with Gasteiger partial charge in [-0.3, -0.25) is 19.7 Å². The smallest absolute Gasteiger partial charge is 0.267 e. The molecule has 0 radical (unpaired) electrons. The van der Waals surface area contributed by atoms with E-state index in [1.54, 1.807) is 24.3 Å². The zero-order chi connectivity index (χ0) is 18.7. The van der Waals surface area contributed by atoms with Crippen LogP contribution in [0.3, 0.4) is 0 Å². The molecule has 0 saturated heterocycles. The van der Waals surface area contributed by atoms with Gasteiger partial charge in [0.1, 0.15) is 17.1 Å². The first kappa shape index (κ1) is 18.5. The van der Waals surface area contributed by atoms with Crippen molar-refractivity contribution in [1.82, 2.24) is 0 Å². The van der Waals surface area contributed by atoms with Gasteiger partial charge in [0.25, 0.3) is 11.8 Å². The number of carbonyl (C=O) groups is 3. The van der Waals surface area contributed by atoms with E-state index in [4.69, 9.17) is 26.5 Å². The van der Waals surface area contributed by atoms with Gasteiger partial charge < -0.3 is 14.9 Å². The number of nitrogens with one attached hydrogen (secondary N) is 1. The predicted molar refractivity (Wildman–Crippen MR) is 92.1 cm³/mol. The number of amides is 2. The number of hydrogen-bond donors (Lipinski definition) is 2. The molecule has 0 aliphatic heterocycles. The summed E-state index contributed by atoms with van der Waals surface area (Å²) in [6.45, 7) is 4.31. The summed E-state index contributed by atoms with van der Waals surface area (Å²) >= 11 is 5.79. The quantitative estimate of drug-likeness (QED) is 0.765. The third-order valence-corrected chi connectivity index (χ3v) is 3.67. The van der Waals surface area contributed by atoms with E-state index in [2.05, 4.69) is 5.32 Å². The van der Waals surface area contributed by atoms with Crippen molar-refractivity contribution in [3.05, 3.63) is 46.2 Å². The Morgan fingerprint density at radius 3 is 2.32 bits per heavy atom. The first-order chi connectivity index (χ1) is 11.7. The van der Waals surface area contributed by atoms with Crippen LogP contribution in [0.4, 0.5) is 5.88 Å². The van der Waals surface area contributed by atoms with E-state index >= 15 is 0 Å². The summed E-state index contributed by atoms with van der Waals surface area (Å²) in [5.74, 6) is -1.36. The minimum absolute atomic E-state index is 0.0501. The number of benzene rings is 1. The number of aryl methyl sites for hydroxylation is 1. The predicted octanol–water partition coefficient (Wildman–Crippen LogP) is 2.95. The van der Waals surface area contributed by atoms with E-state index < -0.39 is 17.9 Å². The minimum atomic E-state index is -0.895. The lowest BCUT2D eigenvalue weighted by atomic mass is 10.1. The first-order valence-corrected chi connectivity index (χ1v) is 7.75. The van der Waals surface area contributed by atoms with E-state index in [1.807, 2.05) is 0 Å². The number of anilines is 1. The lowest BCUT2D eigenvalue weighted by Crippen LogP contribution is -2.31. The second-order valence-electron chi connectivity index (χ2n) is 5.36. The number of primary amides is 1. The van der Waals surface area contributed by atoms with Crippen molar-refractivity contribution in [2.45, 2.75) is 26.9 Å². The summed E-state index contributed by atoms with van der Waals surface area (Å²) in [6, 6.07) is 6.49. The molecule has 0 spiro atoms. The average molecular weight is 365 g/mol. The Bertz CT molecular complexity index is 826. The molecule has 1 aromatic heterocycles. The molecule has 2 amide bonds. The first-order valence-electron chi connectivity index (χ1n) is 7.38. The van der Waals surface area contributed by atoms with Crippen LogP contribution in [0.15, 0.2) is 28.7 Å². The van der Waals surface area contributed by atoms with E-state index in [1.165, 1.54) is 20.8 Å². The number of nitrogens with two attached hydrogens (primary N) is 1. The van der Waals surface area contributed by atoms with Gasteiger partial charge in [0.15, 0.2) is 11.9 Å². The van der Waals surface area contributed by atoms with Crippen molar-refractivity contribution in [2.24, 2.45) is 5.73 Å². The van der Waals surface area contributed by atoms with Crippen LogP contribution in [0.5, 0.6) is 5.75 Å². The molecule has 8 heteroatoms. The Labute approximate surface area is 149 Å². The molecule has 3 N–H and O–H groups in total. The average Bonchev–Trinajstić information content (AvgIpc) is 2.85. The number of hydrogen-bond acceptors (Lipinski definition) is 5. The summed E-state index contributed by atoms with van der Waals surface area (Å²) in [7, 11) is 0. The van der Waals surface area contributed by atoms with Crippen molar-refractivity contribution < 1.29 is 23.5 Å². The lowest BCUT2D eigenvalue weighted by molar-refractivity contribution is -0.122. The van der Waals surface area contributed by atoms with Crippen LogP contribution in [-0.2, 0) is 4.79 Å². The van der Waals surface area contributed by atoms with Crippen LogP contribution in [0.1, 0.15) is 40.3 Å². The minimum Gasteiger partial charge on any atom is -0.481 e. The zero-order valence-corrected chi connectivity index (χ0v) is 14.6. The molecule has 132 valence electrons. The molecular formula is C17H17ClN2O5. The Kier molecular flexibility index (Phi) is 5.48. The molecule has 0 saturated carbocycles. The van der Waals surface area contributed by atoms with Crippen LogP contribution in [-0.4, -0.2) is 23.7 Å². The van der Waals surface area contributed by atoms with Crippen LogP contribution >= 0.6 is 11.6 Å². The molecule has 25 heavy (non-hydrogen) atoms. The summed E-state index contributed by atoms with van der Waals surface area (Å²) < 4.78 is 10.8. The van der Waals surface area contributed by atoms with Gasteiger partial charge in [-0.15, -0.1) is 0 Å². The van der Waals surface area contributed by atoms with Gasteiger partial charge in [0.2, 0.25) is 5.88 Å². The Hall–Kier alpha value is -2.80. The van der Waals surface area contributed by atoms with Gasteiger partial charge in [0, 0.05) is 5.02 Å². The van der Waals surface area contributed by atoms with Gasteiger partial charge in [-0.2, -0.15) is 0 Å². The van der Waals surface area contributed by atoms with Crippen molar-refractivity contribution in [2.75, 3.05) is 5.32 Å². The monoisotopic (exact) mass is 364 g/mol. The van der Waals surface area contributed by atoms with Crippen molar-refractivity contribution in [1.29, 1.82) is 0 Å². The molecule has 1 heterocycles. The topological polar surface area (TPSA) is 112 Å². The molecule has 1 atom stereocenters. The number of Topliss-reactive ketones (excluding diaryl/α,β-unsaturated/α-hetero) is 1. The lowest BCUT2D eigenvalue weighted by Gasteiger charge is -2.14. The highest BCUT2D eigenvalue weighted by atomic mass is 35.5. The van der Waals surface area contributed by atoms with Gasteiger partial charge >= 0.3 is 0 Å². The highest BCUT2D eigenvalue weighted by Gasteiger charge is 2.27. The maximum absolute atomic E-state index is 12.3. The fourth-order valence-electron chi connectivity index (χ4n) is 2.28. The molecular weight excluding hydrogens is 348 g/mol. The third-order valence-electron chi connectivity index (χ3n) is 3.42. The fourth-order valence-corrected chi connectivity index (χ4v) is 2.40. The Morgan fingerprint density at radius 2 is 1.80 bits per heavy atom. The number of halogens is 1. The zero-order valence-electron chi connectivity index (χ0n) is 13.9. The third kappa shape index (κ3) is 4.19. The highest BCUT2D eigenvalue weighted by molar-refractivity contribution is 6.30. The maximum atomic E-state index is 12.3. The normalized spacial score (nSPS) is 11.7. The number of ether oxygens (including phenoxy) is 1. The molecule has 0 bridgehead atoms. The van der Waals surface area contributed by atoms with Gasteiger partial charge in [0.05, 0.1) is 5.56 Å². The summed E-state index contributed by atoms with van der Waals surface area (Å²) in [5, 5.41) is 2.97. The second kappa shape index (κ2) is 7.40. The number of furan rings is 1. The number of carbonyl (C=O) groups excluding carboxylic acids is 3. The van der Waals surface area contributed by atoms with Crippen LogP contribution < -0.4 is 15.8 Å². The van der Waals surface area contributed by atoms with E-state index in [0.29, 0.717) is 10.8 Å². The Morgan fingerprint density at radius 1 is 1.20 bits per heavy atom. The molecule has 7 nitrogen and oxygen atoms in total. The summed E-state index contributed by atoms with van der Waals surface area (Å²) in [5.41, 5.74) is 5.20. The standard InChI is InChI=1S/C17H17ClN2O5/c1-8(21)13-9(2)25-17(14(13)15(19)22)20-16(23)10(3)24-12-6-4-11(18)5-7-12/h4-7,10H,1-3H3,(H2,19,22)(H,20,23). The summed E-state index contributed by atoms with van der Waals surface area (Å²) in [4.78, 5) is 35.6. The highest BCUT2D eigenvalue weighted by Crippen LogP contribution is 2.27. The van der Waals surface area contributed by atoms with Crippen LogP contribution in [0, 0.1) is 6.92 Å². The molecule has 1 unspecified atom stereocenters. The fraction of sp³-hybridized carbons (Fsp3) is 0.235. The van der Waals surface area contributed by atoms with E-state index in [-0.39, 0.29) is 28.6 Å². The van der Waals surface area contributed by atoms with E-state index in [0.717, 1.165) is 0 Å². The second-order valence-corrected chi connectivity index (χ2v) is 5.80. The van der Waals surface area contributed by atoms with Gasteiger partial charge in [-0.1, -0.05) is 11.6 Å². The number of rotatable bonds is 6. The van der Waals surface area contributed by atoms with Crippen LogP contribution in [0.25, 0.3) is 0 Å². The van der Waals surface area contributed by atoms with Crippen molar-refractivity contribution in [3.63, 3.8) is 0 Å². The largest absolute Gasteiger partial charge is 0.481 e.